The van der Waals surface area contributed by atoms with Gasteiger partial charge in [-0.2, -0.15) is 0 Å². The molecule has 4 aromatic carbocycles. The zero-order valence-corrected chi connectivity index (χ0v) is 15.8. The minimum absolute atomic E-state index is 0.627. The lowest BCUT2D eigenvalue weighted by molar-refractivity contribution is 0.575. The van der Waals surface area contributed by atoms with Crippen LogP contribution < -0.4 is 0 Å². The van der Waals surface area contributed by atoms with Gasteiger partial charge in [0.05, 0.1) is 0 Å². The lowest BCUT2D eigenvalue weighted by atomic mass is 9.98. The molecule has 0 atom stereocenters. The third-order valence-corrected chi connectivity index (χ3v) is 5.03. The van der Waals surface area contributed by atoms with Crippen molar-refractivity contribution in [3.05, 3.63) is 115 Å². The van der Waals surface area contributed by atoms with E-state index in [1.165, 1.54) is 0 Å². The largest absolute Gasteiger partial charge is 0.444 e. The second kappa shape index (κ2) is 7.61. The average Bonchev–Trinajstić information content (AvgIpc) is 3.30. The Morgan fingerprint density at radius 2 is 0.897 bits per heavy atom. The lowest BCUT2D eigenvalue weighted by Crippen LogP contribution is -1.87. The summed E-state index contributed by atoms with van der Waals surface area (Å²) < 4.78 is 5.95. The molecule has 1 aromatic heterocycles. The van der Waals surface area contributed by atoms with Gasteiger partial charge < -0.3 is 4.42 Å². The summed E-state index contributed by atoms with van der Waals surface area (Å²) in [5.74, 6) is 0.627. The van der Waals surface area contributed by atoms with Crippen LogP contribution in [0.25, 0.3) is 45.0 Å². The van der Waals surface area contributed by atoms with Gasteiger partial charge in [-0.1, -0.05) is 103 Å². The fourth-order valence-corrected chi connectivity index (χ4v) is 3.64. The molecule has 0 radical (unpaired) electrons. The first kappa shape index (κ1) is 17.2. The number of hydrogen-bond donors (Lipinski definition) is 0. The summed E-state index contributed by atoms with van der Waals surface area (Å²) in [6.07, 6.45) is 1.75. The smallest absolute Gasteiger partial charge is 0.227 e. The van der Waals surface area contributed by atoms with E-state index in [-0.39, 0.29) is 0 Å². The maximum absolute atomic E-state index is 5.95. The van der Waals surface area contributed by atoms with Crippen molar-refractivity contribution < 1.29 is 4.42 Å². The van der Waals surface area contributed by atoms with Gasteiger partial charge in [-0.25, -0.2) is 4.98 Å². The fourth-order valence-electron chi connectivity index (χ4n) is 3.64. The van der Waals surface area contributed by atoms with Gasteiger partial charge in [0.2, 0.25) is 5.89 Å². The van der Waals surface area contributed by atoms with E-state index in [2.05, 4.69) is 66.7 Å². The number of aromatic nitrogens is 1. The van der Waals surface area contributed by atoms with Crippen molar-refractivity contribution in [2.75, 3.05) is 0 Å². The maximum atomic E-state index is 5.95. The van der Waals surface area contributed by atoms with Gasteiger partial charge in [0.15, 0.2) is 0 Å². The fraction of sp³-hybridized carbons (Fsp3) is 0. The van der Waals surface area contributed by atoms with Gasteiger partial charge in [-0.15, -0.1) is 0 Å². The third kappa shape index (κ3) is 3.37. The molecule has 5 aromatic rings. The molecule has 0 aliphatic carbocycles. The standard InChI is InChI=1S/C27H19NO/c1-3-11-20(12-4-1)22-15-7-9-17-24(22)26-19-29-27(28-26)25-18-10-8-16-23(25)21-13-5-2-6-14-21/h1-19H. The van der Waals surface area contributed by atoms with Crippen molar-refractivity contribution >= 4 is 0 Å². The molecule has 0 fully saturated rings. The van der Waals surface area contributed by atoms with Crippen molar-refractivity contribution in [1.82, 2.24) is 4.98 Å². The van der Waals surface area contributed by atoms with Gasteiger partial charge in [-0.3, -0.25) is 0 Å². The second-order valence-electron chi connectivity index (χ2n) is 6.86. The predicted molar refractivity (Wildman–Crippen MR) is 118 cm³/mol. The van der Waals surface area contributed by atoms with Crippen LogP contribution in [0.1, 0.15) is 0 Å². The summed E-state index contributed by atoms with van der Waals surface area (Å²) in [5, 5.41) is 0. The lowest BCUT2D eigenvalue weighted by Gasteiger charge is -2.07. The first-order valence-corrected chi connectivity index (χ1v) is 9.65. The van der Waals surface area contributed by atoms with E-state index >= 15 is 0 Å². The Balaban J connectivity index is 1.60. The van der Waals surface area contributed by atoms with E-state index in [9.17, 15) is 0 Å². The number of nitrogens with zero attached hydrogens (tertiary/aromatic N) is 1. The van der Waals surface area contributed by atoms with E-state index in [4.69, 9.17) is 9.40 Å². The Bertz CT molecular complexity index is 1140. The SMILES string of the molecule is c1ccc(-c2ccccc2-c2coc(-c3ccccc3-c3ccccc3)n2)cc1. The van der Waals surface area contributed by atoms with Crippen LogP contribution in [-0.4, -0.2) is 4.98 Å². The van der Waals surface area contributed by atoms with E-state index in [0.29, 0.717) is 5.89 Å². The van der Waals surface area contributed by atoms with E-state index < -0.39 is 0 Å². The first-order valence-electron chi connectivity index (χ1n) is 9.65. The maximum Gasteiger partial charge on any atom is 0.227 e. The number of hydrogen-bond acceptors (Lipinski definition) is 2. The summed E-state index contributed by atoms with van der Waals surface area (Å²) in [6.45, 7) is 0. The molecule has 2 nitrogen and oxygen atoms in total. The van der Waals surface area contributed by atoms with Crippen LogP contribution in [0.3, 0.4) is 0 Å². The Kier molecular flexibility index (Phi) is 4.51. The molecule has 0 saturated carbocycles. The van der Waals surface area contributed by atoms with Gasteiger partial charge in [0, 0.05) is 11.1 Å². The summed E-state index contributed by atoms with van der Waals surface area (Å²) >= 11 is 0. The van der Waals surface area contributed by atoms with Crippen molar-refractivity contribution in [2.24, 2.45) is 0 Å². The molecule has 0 spiro atoms. The van der Waals surface area contributed by atoms with Gasteiger partial charge in [0.1, 0.15) is 12.0 Å². The van der Waals surface area contributed by atoms with Gasteiger partial charge in [-0.05, 0) is 28.3 Å². The molecular weight excluding hydrogens is 354 g/mol. The highest BCUT2D eigenvalue weighted by Gasteiger charge is 2.15. The zero-order chi connectivity index (χ0) is 19.5. The molecule has 1 heterocycles. The molecule has 29 heavy (non-hydrogen) atoms. The normalized spacial score (nSPS) is 10.8. The van der Waals surface area contributed by atoms with E-state index in [1.54, 1.807) is 6.26 Å². The van der Waals surface area contributed by atoms with E-state index in [0.717, 1.165) is 39.1 Å². The highest BCUT2D eigenvalue weighted by Crippen LogP contribution is 2.35. The highest BCUT2D eigenvalue weighted by molar-refractivity contribution is 5.84. The molecule has 2 heteroatoms. The van der Waals surface area contributed by atoms with Crippen LogP contribution in [-0.2, 0) is 0 Å². The summed E-state index contributed by atoms with van der Waals surface area (Å²) in [4.78, 5) is 4.86. The number of oxazole rings is 1. The Morgan fingerprint density at radius 3 is 1.48 bits per heavy atom. The molecule has 138 valence electrons. The van der Waals surface area contributed by atoms with Gasteiger partial charge >= 0.3 is 0 Å². The van der Waals surface area contributed by atoms with E-state index in [1.807, 2.05) is 42.5 Å². The molecule has 0 aliphatic rings. The van der Waals surface area contributed by atoms with Gasteiger partial charge in [0.25, 0.3) is 0 Å². The molecule has 0 saturated heterocycles. The minimum Gasteiger partial charge on any atom is -0.444 e. The minimum atomic E-state index is 0.627. The topological polar surface area (TPSA) is 26.0 Å². The number of benzene rings is 4. The van der Waals surface area contributed by atoms with Crippen molar-refractivity contribution in [2.45, 2.75) is 0 Å². The highest BCUT2D eigenvalue weighted by atomic mass is 16.3. The summed E-state index contributed by atoms with van der Waals surface area (Å²) in [5.41, 5.74) is 7.45. The summed E-state index contributed by atoms with van der Waals surface area (Å²) in [7, 11) is 0. The van der Waals surface area contributed by atoms with Crippen molar-refractivity contribution in [3.63, 3.8) is 0 Å². The zero-order valence-electron chi connectivity index (χ0n) is 15.8. The molecule has 0 amide bonds. The van der Waals surface area contributed by atoms with Crippen LogP contribution in [0.5, 0.6) is 0 Å². The number of rotatable bonds is 4. The molecule has 0 unspecified atom stereocenters. The predicted octanol–water partition coefficient (Wildman–Crippen LogP) is 7.34. The molecule has 5 rings (SSSR count). The van der Waals surface area contributed by atoms with Crippen LogP contribution in [0, 0.1) is 0 Å². The monoisotopic (exact) mass is 373 g/mol. The van der Waals surface area contributed by atoms with Crippen LogP contribution in [0.2, 0.25) is 0 Å². The summed E-state index contributed by atoms with van der Waals surface area (Å²) in [6, 6.07) is 37.2. The Hall–Kier alpha value is -3.91. The third-order valence-electron chi connectivity index (χ3n) is 5.03. The van der Waals surface area contributed by atoms with Crippen LogP contribution >= 0.6 is 0 Å². The van der Waals surface area contributed by atoms with Crippen molar-refractivity contribution in [3.8, 4) is 45.0 Å². The molecule has 0 N–H and O–H groups in total. The molecule has 0 bridgehead atoms. The van der Waals surface area contributed by atoms with Crippen LogP contribution in [0.15, 0.2) is 120 Å². The van der Waals surface area contributed by atoms with Crippen molar-refractivity contribution in [1.29, 1.82) is 0 Å². The molecular formula is C27H19NO. The average molecular weight is 373 g/mol. The Labute approximate surface area is 170 Å². The quantitative estimate of drug-likeness (QED) is 0.329. The molecule has 0 aliphatic heterocycles. The van der Waals surface area contributed by atoms with Crippen LogP contribution in [0.4, 0.5) is 0 Å². The first-order chi connectivity index (χ1) is 14.4. The Morgan fingerprint density at radius 1 is 0.448 bits per heavy atom. The second-order valence-corrected chi connectivity index (χ2v) is 6.86.